The lowest BCUT2D eigenvalue weighted by Gasteiger charge is -2.24. The van der Waals surface area contributed by atoms with Crippen molar-refractivity contribution in [3.05, 3.63) is 54.2 Å². The summed E-state index contributed by atoms with van der Waals surface area (Å²) >= 11 is 0. The summed E-state index contributed by atoms with van der Waals surface area (Å²) < 4.78 is 0. The Hall–Kier alpha value is -2.36. The van der Waals surface area contributed by atoms with Crippen LogP contribution >= 0.6 is 0 Å². The maximum Gasteiger partial charge on any atom is 0.133 e. The Kier molecular flexibility index (Phi) is 4.71. The molecule has 0 radical (unpaired) electrons. The van der Waals surface area contributed by atoms with E-state index < -0.39 is 0 Å². The Labute approximate surface area is 119 Å². The van der Waals surface area contributed by atoms with Gasteiger partial charge in [-0.05, 0) is 30.7 Å². The lowest BCUT2D eigenvalue weighted by molar-refractivity contribution is 0.779. The normalized spacial score (nSPS) is 10.2. The van der Waals surface area contributed by atoms with Gasteiger partial charge in [-0.15, -0.1) is 0 Å². The number of para-hydroxylation sites is 1. The molecule has 0 amide bonds. The number of nitrogen functional groups attached to an aromatic ring is 1. The van der Waals surface area contributed by atoms with E-state index in [0.29, 0.717) is 5.56 Å². The molecule has 0 saturated carbocycles. The maximum absolute atomic E-state index is 7.55. The topological polar surface area (TPSA) is 66.0 Å². The number of hydrogen-bond acceptors (Lipinski definition) is 3. The summed E-state index contributed by atoms with van der Waals surface area (Å²) in [6.07, 6.45) is 3.91. The summed E-state index contributed by atoms with van der Waals surface area (Å²) in [6.45, 7) is 3.07. The number of nitrogens with one attached hydrogen (secondary N) is 1. The van der Waals surface area contributed by atoms with Gasteiger partial charge in [-0.3, -0.25) is 5.41 Å². The summed E-state index contributed by atoms with van der Waals surface area (Å²) in [5, 5.41) is 7.55. The monoisotopic (exact) mass is 268 g/mol. The van der Waals surface area contributed by atoms with Gasteiger partial charge in [0.2, 0.25) is 0 Å². The van der Waals surface area contributed by atoms with Gasteiger partial charge in [0.05, 0.1) is 0 Å². The number of amidine groups is 1. The van der Waals surface area contributed by atoms with Crippen molar-refractivity contribution in [2.75, 3.05) is 11.4 Å². The van der Waals surface area contributed by atoms with E-state index in [1.165, 1.54) is 0 Å². The lowest BCUT2D eigenvalue weighted by Crippen LogP contribution is -2.20. The third-order valence-corrected chi connectivity index (χ3v) is 3.14. The standard InChI is InChI=1S/C16H20N4/c1-2-3-11-20(14-7-5-4-6-8-14)15-12-13(16(17)18)9-10-19-15/h4-10,12H,2-3,11H2,1H3,(H3,17,18). The van der Waals surface area contributed by atoms with Crippen LogP contribution in [0.5, 0.6) is 0 Å². The van der Waals surface area contributed by atoms with Crippen LogP contribution in [0.4, 0.5) is 11.5 Å². The molecule has 20 heavy (non-hydrogen) atoms. The maximum atomic E-state index is 7.55. The number of rotatable bonds is 6. The predicted octanol–water partition coefficient (Wildman–Crippen LogP) is 3.30. The van der Waals surface area contributed by atoms with Crippen molar-refractivity contribution in [1.29, 1.82) is 5.41 Å². The second kappa shape index (κ2) is 6.70. The Balaban J connectivity index is 2.36. The summed E-state index contributed by atoms with van der Waals surface area (Å²) in [5.41, 5.74) is 7.37. The van der Waals surface area contributed by atoms with Crippen molar-refractivity contribution in [1.82, 2.24) is 4.98 Å². The molecule has 1 aromatic carbocycles. The van der Waals surface area contributed by atoms with Gasteiger partial charge >= 0.3 is 0 Å². The molecule has 3 N–H and O–H groups in total. The van der Waals surface area contributed by atoms with E-state index in [1.54, 1.807) is 12.3 Å². The fraction of sp³-hybridized carbons (Fsp3) is 0.250. The molecule has 1 heterocycles. The molecule has 2 rings (SSSR count). The lowest BCUT2D eigenvalue weighted by atomic mass is 10.2. The van der Waals surface area contributed by atoms with E-state index >= 15 is 0 Å². The van der Waals surface area contributed by atoms with Crippen LogP contribution in [-0.4, -0.2) is 17.4 Å². The molecule has 0 saturated heterocycles. The third kappa shape index (κ3) is 3.35. The van der Waals surface area contributed by atoms with Crippen LogP contribution in [0.25, 0.3) is 0 Å². The van der Waals surface area contributed by atoms with Crippen LogP contribution in [-0.2, 0) is 0 Å². The number of nitrogens with zero attached hydrogens (tertiary/aromatic N) is 2. The summed E-state index contributed by atoms with van der Waals surface area (Å²) in [5.74, 6) is 0.898. The third-order valence-electron chi connectivity index (χ3n) is 3.14. The zero-order valence-corrected chi connectivity index (χ0v) is 11.7. The molecule has 104 valence electrons. The molecule has 0 spiro atoms. The number of aromatic nitrogens is 1. The minimum absolute atomic E-state index is 0.0668. The molecule has 2 aromatic rings. The highest BCUT2D eigenvalue weighted by Crippen LogP contribution is 2.24. The van der Waals surface area contributed by atoms with E-state index in [1.807, 2.05) is 24.3 Å². The van der Waals surface area contributed by atoms with E-state index in [0.717, 1.165) is 30.9 Å². The van der Waals surface area contributed by atoms with Gasteiger partial charge in [-0.1, -0.05) is 31.5 Å². The zero-order valence-electron chi connectivity index (χ0n) is 11.7. The van der Waals surface area contributed by atoms with Gasteiger partial charge in [-0.2, -0.15) is 0 Å². The molecule has 0 bridgehead atoms. The van der Waals surface area contributed by atoms with E-state index in [-0.39, 0.29) is 5.84 Å². The Bertz CT molecular complexity index is 566. The smallest absolute Gasteiger partial charge is 0.133 e. The van der Waals surface area contributed by atoms with Gasteiger partial charge < -0.3 is 10.6 Å². The van der Waals surface area contributed by atoms with Crippen LogP contribution in [0.2, 0.25) is 0 Å². The predicted molar refractivity (Wildman–Crippen MR) is 83.6 cm³/mol. The number of nitrogens with two attached hydrogens (primary N) is 1. The quantitative estimate of drug-likeness (QED) is 0.624. The molecule has 4 nitrogen and oxygen atoms in total. The molecular weight excluding hydrogens is 248 g/mol. The van der Waals surface area contributed by atoms with Crippen LogP contribution in [0.1, 0.15) is 25.3 Å². The second-order valence-corrected chi connectivity index (χ2v) is 4.66. The Morgan fingerprint density at radius 3 is 2.65 bits per heavy atom. The first-order valence-electron chi connectivity index (χ1n) is 6.85. The Morgan fingerprint density at radius 2 is 2.00 bits per heavy atom. The van der Waals surface area contributed by atoms with Gasteiger partial charge in [0, 0.05) is 24.0 Å². The average molecular weight is 268 g/mol. The van der Waals surface area contributed by atoms with Crippen molar-refractivity contribution >= 4 is 17.3 Å². The number of benzene rings is 1. The number of unbranched alkanes of at least 4 members (excludes halogenated alkanes) is 1. The van der Waals surface area contributed by atoms with Gasteiger partial charge in [0.15, 0.2) is 0 Å². The van der Waals surface area contributed by atoms with Crippen LogP contribution in [0.3, 0.4) is 0 Å². The fourth-order valence-electron chi connectivity index (χ4n) is 2.03. The number of hydrogen-bond donors (Lipinski definition) is 2. The summed E-state index contributed by atoms with van der Waals surface area (Å²) in [4.78, 5) is 6.59. The van der Waals surface area contributed by atoms with Crippen LogP contribution in [0, 0.1) is 5.41 Å². The molecule has 0 aliphatic carbocycles. The average Bonchev–Trinajstić information content (AvgIpc) is 2.49. The van der Waals surface area contributed by atoms with E-state index in [2.05, 4.69) is 28.9 Å². The minimum atomic E-state index is 0.0668. The van der Waals surface area contributed by atoms with E-state index in [4.69, 9.17) is 11.1 Å². The number of pyridine rings is 1. The molecule has 0 aliphatic rings. The zero-order chi connectivity index (χ0) is 14.4. The van der Waals surface area contributed by atoms with Crippen LogP contribution < -0.4 is 10.6 Å². The molecule has 1 aromatic heterocycles. The SMILES string of the molecule is CCCCN(c1ccccc1)c1cc(C(=N)N)ccn1. The highest BCUT2D eigenvalue weighted by Gasteiger charge is 2.11. The van der Waals surface area contributed by atoms with Crippen molar-refractivity contribution in [3.63, 3.8) is 0 Å². The van der Waals surface area contributed by atoms with Crippen molar-refractivity contribution in [2.45, 2.75) is 19.8 Å². The van der Waals surface area contributed by atoms with Crippen molar-refractivity contribution in [3.8, 4) is 0 Å². The Morgan fingerprint density at radius 1 is 1.25 bits per heavy atom. The minimum Gasteiger partial charge on any atom is -0.384 e. The van der Waals surface area contributed by atoms with Crippen molar-refractivity contribution < 1.29 is 0 Å². The molecule has 0 aliphatic heterocycles. The van der Waals surface area contributed by atoms with Gasteiger partial charge in [-0.25, -0.2) is 4.98 Å². The molecular formula is C16H20N4. The van der Waals surface area contributed by atoms with Crippen LogP contribution in [0.15, 0.2) is 48.7 Å². The largest absolute Gasteiger partial charge is 0.384 e. The second-order valence-electron chi connectivity index (χ2n) is 4.66. The highest BCUT2D eigenvalue weighted by atomic mass is 15.2. The first kappa shape index (κ1) is 14.1. The molecule has 0 atom stereocenters. The molecule has 4 heteroatoms. The van der Waals surface area contributed by atoms with Gasteiger partial charge in [0.25, 0.3) is 0 Å². The van der Waals surface area contributed by atoms with Crippen molar-refractivity contribution in [2.24, 2.45) is 5.73 Å². The number of anilines is 2. The molecule has 0 unspecified atom stereocenters. The first-order chi connectivity index (χ1) is 9.72. The highest BCUT2D eigenvalue weighted by molar-refractivity contribution is 5.95. The first-order valence-corrected chi connectivity index (χ1v) is 6.85. The van der Waals surface area contributed by atoms with E-state index in [9.17, 15) is 0 Å². The fourth-order valence-corrected chi connectivity index (χ4v) is 2.03. The summed E-state index contributed by atoms with van der Waals surface area (Å²) in [6, 6.07) is 13.8. The molecule has 0 fully saturated rings. The van der Waals surface area contributed by atoms with Gasteiger partial charge in [0.1, 0.15) is 11.7 Å². The summed E-state index contributed by atoms with van der Waals surface area (Å²) in [7, 11) is 0.